The molecular weight excluding hydrogens is 304 g/mol. The van der Waals surface area contributed by atoms with Crippen LogP contribution in [0.1, 0.15) is 29.6 Å². The van der Waals surface area contributed by atoms with Crippen LogP contribution in [0.4, 0.5) is 0 Å². The van der Waals surface area contributed by atoms with Crippen LogP contribution in [-0.2, 0) is 9.53 Å². The maximum Gasteiger partial charge on any atom is 0.310 e. The summed E-state index contributed by atoms with van der Waals surface area (Å²) in [5.41, 5.74) is 1.03. The second-order valence-electron chi connectivity index (χ2n) is 6.48. The van der Waals surface area contributed by atoms with Crippen LogP contribution in [0.15, 0.2) is 42.1 Å². The minimum Gasteiger partial charge on any atom is -0.462 e. The molecule has 0 aliphatic carbocycles. The molecule has 1 aliphatic heterocycles. The van der Waals surface area contributed by atoms with Gasteiger partial charge in [0.05, 0.1) is 6.42 Å². The molecule has 0 spiro atoms. The molecule has 1 aliphatic rings. The predicted octanol–water partition coefficient (Wildman–Crippen LogP) is 2.34. The maximum atomic E-state index is 12.6. The van der Waals surface area contributed by atoms with E-state index in [-0.39, 0.29) is 24.3 Å². The molecule has 1 aromatic carbocycles. The van der Waals surface area contributed by atoms with Crippen LogP contribution in [0.2, 0.25) is 0 Å². The highest BCUT2D eigenvalue weighted by molar-refractivity contribution is 6.10. The predicted molar refractivity (Wildman–Crippen MR) is 93.8 cm³/mol. The van der Waals surface area contributed by atoms with Crippen LogP contribution in [0.5, 0.6) is 0 Å². The molecule has 0 unspecified atom stereocenters. The molecule has 5 heteroatoms. The molecule has 0 amide bonds. The third-order valence-electron chi connectivity index (χ3n) is 4.04. The van der Waals surface area contributed by atoms with Gasteiger partial charge in [0.15, 0.2) is 5.78 Å². The van der Waals surface area contributed by atoms with Crippen molar-refractivity contribution < 1.29 is 14.3 Å². The smallest absolute Gasteiger partial charge is 0.310 e. The molecule has 1 fully saturated rings. The number of benzene rings is 1. The van der Waals surface area contributed by atoms with Crippen molar-refractivity contribution in [1.82, 2.24) is 9.80 Å². The van der Waals surface area contributed by atoms with Gasteiger partial charge in [0.1, 0.15) is 6.10 Å². The Bertz CT molecular complexity index is 588. The quantitative estimate of drug-likeness (QED) is 0.455. The van der Waals surface area contributed by atoms with E-state index in [2.05, 4.69) is 11.9 Å². The van der Waals surface area contributed by atoms with Crippen molar-refractivity contribution in [3.8, 4) is 0 Å². The normalized spacial score (nSPS) is 16.7. The first-order valence-corrected chi connectivity index (χ1v) is 8.30. The second-order valence-corrected chi connectivity index (χ2v) is 6.48. The van der Waals surface area contributed by atoms with Crippen LogP contribution in [0.3, 0.4) is 0 Å². The SMILES string of the molecule is CN(C)/C=C(\CC(=O)OC1CCN(C)CC1)C(=O)c1ccccc1. The molecule has 1 aromatic rings. The van der Waals surface area contributed by atoms with Crippen LogP contribution in [-0.4, -0.2) is 61.9 Å². The maximum absolute atomic E-state index is 12.6. The van der Waals surface area contributed by atoms with Gasteiger partial charge in [0.25, 0.3) is 0 Å². The molecule has 0 atom stereocenters. The fourth-order valence-electron chi connectivity index (χ4n) is 2.76. The summed E-state index contributed by atoms with van der Waals surface area (Å²) in [6.45, 7) is 1.86. The van der Waals surface area contributed by atoms with Crippen molar-refractivity contribution in [1.29, 1.82) is 0 Å². The number of esters is 1. The minimum atomic E-state index is -0.332. The zero-order chi connectivity index (χ0) is 17.5. The molecule has 0 bridgehead atoms. The van der Waals surface area contributed by atoms with Crippen molar-refractivity contribution >= 4 is 11.8 Å². The molecule has 1 saturated heterocycles. The first kappa shape index (κ1) is 18.2. The number of piperidine rings is 1. The fraction of sp³-hybridized carbons (Fsp3) is 0.474. The number of Topliss-reactive ketones (excluding diaryl/α,β-unsaturated/α-hetero) is 1. The van der Waals surface area contributed by atoms with E-state index < -0.39 is 0 Å². The van der Waals surface area contributed by atoms with Crippen molar-refractivity contribution in [3.63, 3.8) is 0 Å². The van der Waals surface area contributed by atoms with E-state index >= 15 is 0 Å². The van der Waals surface area contributed by atoms with E-state index in [0.29, 0.717) is 11.1 Å². The lowest BCUT2D eigenvalue weighted by molar-refractivity contribution is -0.150. The Kier molecular flexibility index (Phi) is 6.55. The first-order valence-electron chi connectivity index (χ1n) is 8.30. The van der Waals surface area contributed by atoms with Gasteiger partial charge >= 0.3 is 5.97 Å². The topological polar surface area (TPSA) is 49.9 Å². The van der Waals surface area contributed by atoms with Gasteiger partial charge in [-0.25, -0.2) is 0 Å². The third kappa shape index (κ3) is 5.49. The Morgan fingerprint density at radius 3 is 2.42 bits per heavy atom. The van der Waals surface area contributed by atoms with E-state index in [9.17, 15) is 9.59 Å². The molecule has 0 saturated carbocycles. The molecule has 1 heterocycles. The largest absolute Gasteiger partial charge is 0.462 e. The first-order chi connectivity index (χ1) is 11.5. The number of nitrogens with zero attached hydrogens (tertiary/aromatic N) is 2. The summed E-state index contributed by atoms with van der Waals surface area (Å²) in [4.78, 5) is 28.9. The number of carbonyl (C=O) groups excluding carboxylic acids is 2. The zero-order valence-corrected chi connectivity index (χ0v) is 14.7. The van der Waals surface area contributed by atoms with Gasteiger partial charge in [0, 0.05) is 44.5 Å². The third-order valence-corrected chi connectivity index (χ3v) is 4.04. The lowest BCUT2D eigenvalue weighted by Crippen LogP contribution is -2.35. The number of ether oxygens (including phenoxy) is 1. The summed E-state index contributed by atoms with van der Waals surface area (Å²) in [5, 5.41) is 0. The molecule has 0 radical (unpaired) electrons. The van der Waals surface area contributed by atoms with Gasteiger partial charge in [-0.05, 0) is 19.9 Å². The van der Waals surface area contributed by atoms with E-state index in [4.69, 9.17) is 4.74 Å². The number of likely N-dealkylation sites (tertiary alicyclic amines) is 1. The summed E-state index contributed by atoms with van der Waals surface area (Å²) in [6, 6.07) is 9.01. The Balaban J connectivity index is 2.01. The molecule has 0 N–H and O–H groups in total. The highest BCUT2D eigenvalue weighted by atomic mass is 16.5. The highest BCUT2D eigenvalue weighted by Gasteiger charge is 2.23. The monoisotopic (exact) mass is 330 g/mol. The zero-order valence-electron chi connectivity index (χ0n) is 14.7. The molecule has 130 valence electrons. The van der Waals surface area contributed by atoms with Gasteiger partial charge in [-0.3, -0.25) is 9.59 Å². The molecule has 2 rings (SSSR count). The lowest BCUT2D eigenvalue weighted by Gasteiger charge is -2.28. The van der Waals surface area contributed by atoms with Crippen molar-refractivity contribution in [2.75, 3.05) is 34.2 Å². The van der Waals surface area contributed by atoms with Gasteiger partial charge in [-0.15, -0.1) is 0 Å². The summed E-state index contributed by atoms with van der Waals surface area (Å²) < 4.78 is 5.56. The number of rotatable bonds is 6. The number of carbonyl (C=O) groups is 2. The number of hydrogen-bond acceptors (Lipinski definition) is 5. The van der Waals surface area contributed by atoms with E-state index in [1.165, 1.54) is 0 Å². The minimum absolute atomic E-state index is 0.00174. The summed E-state index contributed by atoms with van der Waals surface area (Å²) in [5.74, 6) is -0.466. The molecule has 5 nitrogen and oxygen atoms in total. The molecular formula is C19H26N2O3. The van der Waals surface area contributed by atoms with Crippen LogP contribution in [0.25, 0.3) is 0 Å². The number of hydrogen-bond donors (Lipinski definition) is 0. The average Bonchev–Trinajstić information content (AvgIpc) is 2.56. The Hall–Kier alpha value is -2.14. The Labute approximate surface area is 143 Å². The number of ketones is 1. The summed E-state index contributed by atoms with van der Waals surface area (Å²) in [7, 11) is 5.73. The summed E-state index contributed by atoms with van der Waals surface area (Å²) >= 11 is 0. The second kappa shape index (κ2) is 8.64. The van der Waals surface area contributed by atoms with Gasteiger partial charge in [-0.2, -0.15) is 0 Å². The van der Waals surface area contributed by atoms with Crippen LogP contribution in [0, 0.1) is 0 Å². The van der Waals surface area contributed by atoms with Crippen molar-refractivity contribution in [2.24, 2.45) is 0 Å². The van der Waals surface area contributed by atoms with Crippen molar-refractivity contribution in [3.05, 3.63) is 47.7 Å². The van der Waals surface area contributed by atoms with E-state index in [0.717, 1.165) is 25.9 Å². The molecule has 0 aromatic heterocycles. The van der Waals surface area contributed by atoms with Gasteiger partial charge in [0.2, 0.25) is 0 Å². The van der Waals surface area contributed by atoms with Crippen LogP contribution >= 0.6 is 0 Å². The fourth-order valence-corrected chi connectivity index (χ4v) is 2.76. The van der Waals surface area contributed by atoms with E-state index in [1.807, 2.05) is 32.3 Å². The van der Waals surface area contributed by atoms with Gasteiger partial charge in [-0.1, -0.05) is 30.3 Å². The average molecular weight is 330 g/mol. The Morgan fingerprint density at radius 1 is 1.21 bits per heavy atom. The standard InChI is InChI=1S/C19H26N2O3/c1-20(2)14-16(19(23)15-7-5-4-6-8-15)13-18(22)24-17-9-11-21(3)12-10-17/h4-8,14,17H,9-13H2,1-3H3/b16-14+. The van der Waals surface area contributed by atoms with Crippen molar-refractivity contribution in [2.45, 2.75) is 25.4 Å². The summed E-state index contributed by atoms with van der Waals surface area (Å²) in [6.07, 6.45) is 3.35. The molecule has 24 heavy (non-hydrogen) atoms. The highest BCUT2D eigenvalue weighted by Crippen LogP contribution is 2.17. The Morgan fingerprint density at radius 2 is 1.83 bits per heavy atom. The van der Waals surface area contributed by atoms with E-state index in [1.54, 1.807) is 23.2 Å². The van der Waals surface area contributed by atoms with Crippen LogP contribution < -0.4 is 0 Å². The lowest BCUT2D eigenvalue weighted by atomic mass is 10.0. The van der Waals surface area contributed by atoms with Gasteiger partial charge < -0.3 is 14.5 Å².